The van der Waals surface area contributed by atoms with Crippen molar-refractivity contribution in [2.75, 3.05) is 13.1 Å². The number of guanidine groups is 1. The number of hydrogen-bond acceptors (Lipinski definition) is 3. The van der Waals surface area contributed by atoms with Gasteiger partial charge in [-0.1, -0.05) is 30.3 Å². The minimum Gasteiger partial charge on any atom is -0.383 e. The summed E-state index contributed by atoms with van der Waals surface area (Å²) in [6, 6.07) is 12.9. The van der Waals surface area contributed by atoms with Gasteiger partial charge in [0.15, 0.2) is 5.96 Å². The molecular weight excluding hydrogens is 457 g/mol. The van der Waals surface area contributed by atoms with E-state index >= 15 is 0 Å². The molecule has 2 aromatic rings. The molecule has 1 aromatic heterocycles. The highest BCUT2D eigenvalue weighted by Gasteiger charge is 2.39. The van der Waals surface area contributed by atoms with Crippen LogP contribution in [0, 0.1) is 6.92 Å². The van der Waals surface area contributed by atoms with Crippen LogP contribution in [0.25, 0.3) is 0 Å². The minimum atomic E-state index is -0.935. The van der Waals surface area contributed by atoms with Crippen LogP contribution in [0.4, 0.5) is 0 Å². The topological polar surface area (TPSA) is 56.7 Å². The van der Waals surface area contributed by atoms with E-state index in [0.717, 1.165) is 23.8 Å². The van der Waals surface area contributed by atoms with Crippen molar-refractivity contribution >= 4 is 41.3 Å². The summed E-state index contributed by atoms with van der Waals surface area (Å²) in [5.74, 6) is 1.32. The Bertz CT molecular complexity index is 730. The third-order valence-electron chi connectivity index (χ3n) is 4.64. The summed E-state index contributed by atoms with van der Waals surface area (Å²) >= 11 is 1.56. The molecule has 0 aliphatic heterocycles. The van der Waals surface area contributed by atoms with Crippen LogP contribution < -0.4 is 10.6 Å². The maximum Gasteiger partial charge on any atom is 0.191 e. The molecule has 1 fully saturated rings. The van der Waals surface area contributed by atoms with Gasteiger partial charge in [0, 0.05) is 23.4 Å². The second-order valence-electron chi connectivity index (χ2n) is 6.90. The van der Waals surface area contributed by atoms with Crippen molar-refractivity contribution < 1.29 is 5.11 Å². The van der Waals surface area contributed by atoms with Crippen molar-refractivity contribution in [2.45, 2.75) is 44.8 Å². The van der Waals surface area contributed by atoms with E-state index in [9.17, 15) is 5.11 Å². The summed E-state index contributed by atoms with van der Waals surface area (Å²) in [5.41, 5.74) is 1.83. The van der Waals surface area contributed by atoms with E-state index < -0.39 is 5.60 Å². The Hall–Kier alpha value is -1.12. The SMILES string of the molecule is CCNC(=NCC(C)(O)c1cccs1)NC1CC1c1ccccc1C.I. The Labute approximate surface area is 177 Å². The first-order valence-electron chi connectivity index (χ1n) is 8.88. The average molecular weight is 485 g/mol. The molecule has 3 rings (SSSR count). The van der Waals surface area contributed by atoms with E-state index in [1.54, 1.807) is 11.3 Å². The molecule has 3 atom stereocenters. The Morgan fingerprint density at radius 2 is 2.08 bits per heavy atom. The Morgan fingerprint density at radius 1 is 1.31 bits per heavy atom. The molecule has 1 saturated carbocycles. The number of hydrogen-bond donors (Lipinski definition) is 3. The molecule has 3 N–H and O–H groups in total. The molecule has 1 aromatic carbocycles. The monoisotopic (exact) mass is 485 g/mol. The van der Waals surface area contributed by atoms with E-state index in [4.69, 9.17) is 0 Å². The fraction of sp³-hybridized carbons (Fsp3) is 0.450. The number of rotatable bonds is 6. The van der Waals surface area contributed by atoms with Gasteiger partial charge in [0.05, 0.1) is 6.54 Å². The summed E-state index contributed by atoms with van der Waals surface area (Å²) in [5, 5.41) is 19.4. The van der Waals surface area contributed by atoms with Crippen LogP contribution in [0.3, 0.4) is 0 Å². The van der Waals surface area contributed by atoms with E-state index in [-0.39, 0.29) is 24.0 Å². The molecule has 1 aliphatic carbocycles. The van der Waals surface area contributed by atoms with Crippen molar-refractivity contribution in [2.24, 2.45) is 4.99 Å². The largest absolute Gasteiger partial charge is 0.383 e. The second-order valence-corrected chi connectivity index (χ2v) is 7.84. The second kappa shape index (κ2) is 9.19. The van der Waals surface area contributed by atoms with Crippen LogP contribution in [0.5, 0.6) is 0 Å². The van der Waals surface area contributed by atoms with Crippen molar-refractivity contribution in [3.8, 4) is 0 Å². The van der Waals surface area contributed by atoms with Gasteiger partial charge in [-0.3, -0.25) is 0 Å². The number of nitrogens with one attached hydrogen (secondary N) is 2. The van der Waals surface area contributed by atoms with Crippen molar-refractivity contribution in [3.05, 3.63) is 57.8 Å². The summed E-state index contributed by atoms with van der Waals surface area (Å²) in [6.07, 6.45) is 1.12. The van der Waals surface area contributed by atoms with E-state index in [1.807, 2.05) is 24.4 Å². The molecule has 26 heavy (non-hydrogen) atoms. The predicted octanol–water partition coefficient (Wildman–Crippen LogP) is 3.99. The number of halogens is 1. The number of benzene rings is 1. The molecule has 0 bridgehead atoms. The van der Waals surface area contributed by atoms with Crippen LogP contribution in [-0.4, -0.2) is 30.2 Å². The van der Waals surface area contributed by atoms with Crippen molar-refractivity contribution in [1.82, 2.24) is 10.6 Å². The highest BCUT2D eigenvalue weighted by atomic mass is 127. The van der Waals surface area contributed by atoms with Gasteiger partial charge in [-0.25, -0.2) is 4.99 Å². The first-order chi connectivity index (χ1) is 12.0. The molecular formula is C20H28IN3OS. The standard InChI is InChI=1S/C20H27N3OS.HI/c1-4-21-19(22-13-20(3,24)18-10-7-11-25-18)23-17-12-16(17)15-9-6-5-8-14(15)2;/h5-11,16-17,24H,4,12-13H2,1-3H3,(H2,21,22,23);1H. The smallest absolute Gasteiger partial charge is 0.191 e. The predicted molar refractivity (Wildman–Crippen MR) is 121 cm³/mol. The first-order valence-corrected chi connectivity index (χ1v) is 9.76. The first kappa shape index (κ1) is 21.2. The van der Waals surface area contributed by atoms with Crippen LogP contribution in [0.2, 0.25) is 0 Å². The molecule has 142 valence electrons. The molecule has 1 heterocycles. The van der Waals surface area contributed by atoms with E-state index in [0.29, 0.717) is 18.5 Å². The fourth-order valence-corrected chi connectivity index (χ4v) is 3.87. The quantitative estimate of drug-likeness (QED) is 0.330. The van der Waals surface area contributed by atoms with Crippen LogP contribution in [0.15, 0.2) is 46.8 Å². The molecule has 4 nitrogen and oxygen atoms in total. The fourth-order valence-electron chi connectivity index (χ4n) is 3.09. The lowest BCUT2D eigenvalue weighted by Crippen LogP contribution is -2.40. The van der Waals surface area contributed by atoms with Crippen molar-refractivity contribution in [1.29, 1.82) is 0 Å². The highest BCUT2D eigenvalue weighted by molar-refractivity contribution is 14.0. The minimum absolute atomic E-state index is 0. The number of aryl methyl sites for hydroxylation is 1. The third-order valence-corrected chi connectivity index (χ3v) is 5.76. The Kier molecular flexibility index (Phi) is 7.49. The van der Waals surface area contributed by atoms with Gasteiger partial charge in [-0.05, 0) is 49.8 Å². The zero-order chi connectivity index (χ0) is 17.9. The number of thiophene rings is 1. The van der Waals surface area contributed by atoms with Gasteiger partial charge in [0.1, 0.15) is 5.60 Å². The van der Waals surface area contributed by atoms with E-state index in [2.05, 4.69) is 53.7 Å². The summed E-state index contributed by atoms with van der Waals surface area (Å²) < 4.78 is 0. The van der Waals surface area contributed by atoms with Crippen LogP contribution >= 0.6 is 35.3 Å². The summed E-state index contributed by atoms with van der Waals surface area (Å²) in [6.45, 7) is 7.18. The lowest BCUT2D eigenvalue weighted by Gasteiger charge is -2.20. The third kappa shape index (κ3) is 5.20. The average Bonchev–Trinajstić information content (AvgIpc) is 3.10. The maximum atomic E-state index is 10.7. The molecule has 6 heteroatoms. The zero-order valence-corrected chi connectivity index (χ0v) is 18.7. The number of aliphatic hydroxyl groups is 1. The van der Waals surface area contributed by atoms with Gasteiger partial charge in [-0.15, -0.1) is 35.3 Å². The normalized spacial score (nSPS) is 21.5. The zero-order valence-electron chi connectivity index (χ0n) is 15.5. The van der Waals surface area contributed by atoms with Gasteiger partial charge in [0.25, 0.3) is 0 Å². The Morgan fingerprint density at radius 3 is 2.73 bits per heavy atom. The molecule has 0 spiro atoms. The Balaban J connectivity index is 0.00000243. The molecule has 0 radical (unpaired) electrons. The lowest BCUT2D eigenvalue weighted by molar-refractivity contribution is 0.0711. The lowest BCUT2D eigenvalue weighted by atomic mass is 10.0. The van der Waals surface area contributed by atoms with Gasteiger partial charge < -0.3 is 15.7 Å². The number of nitrogens with zero attached hydrogens (tertiary/aromatic N) is 1. The summed E-state index contributed by atoms with van der Waals surface area (Å²) in [7, 11) is 0. The van der Waals surface area contributed by atoms with Gasteiger partial charge in [-0.2, -0.15) is 0 Å². The molecule has 1 aliphatic rings. The highest BCUT2D eigenvalue weighted by Crippen LogP contribution is 2.42. The van der Waals surface area contributed by atoms with E-state index in [1.165, 1.54) is 11.1 Å². The maximum absolute atomic E-state index is 10.7. The van der Waals surface area contributed by atoms with Gasteiger partial charge >= 0.3 is 0 Å². The summed E-state index contributed by atoms with van der Waals surface area (Å²) in [4.78, 5) is 5.56. The van der Waals surface area contributed by atoms with Crippen LogP contribution in [0.1, 0.15) is 42.2 Å². The van der Waals surface area contributed by atoms with Crippen LogP contribution in [-0.2, 0) is 5.60 Å². The molecule has 3 unspecified atom stereocenters. The number of aliphatic imine (C=N–C) groups is 1. The van der Waals surface area contributed by atoms with Crippen molar-refractivity contribution in [3.63, 3.8) is 0 Å². The molecule has 0 saturated heterocycles. The molecule has 0 amide bonds. The van der Waals surface area contributed by atoms with Gasteiger partial charge in [0.2, 0.25) is 0 Å².